The highest BCUT2D eigenvalue weighted by atomic mass is 32.1. The van der Waals surface area contributed by atoms with Gasteiger partial charge in [-0.05, 0) is 35.6 Å². The molecular formula is C26H27N17S2. The first-order chi connectivity index (χ1) is 22.5. The maximum Gasteiger partial charge on any atom is 0.119 e. The Bertz CT molecular complexity index is 1070. The first-order valence-electron chi connectivity index (χ1n) is 12.3. The maximum absolute atomic E-state index is 3.78. The molecule has 8 heterocycles. The Hall–Kier alpha value is -6.21. The molecule has 0 aliphatic carbocycles. The molecule has 0 radical (unpaired) electrons. The van der Waals surface area contributed by atoms with E-state index in [2.05, 4.69) is 84.5 Å². The van der Waals surface area contributed by atoms with Gasteiger partial charge in [-0.15, -0.1) is 26.6 Å². The fraction of sp³-hybridized carbons (Fsp3) is 0.0385. The molecule has 7 aromatic heterocycles. The third kappa shape index (κ3) is 32.2. The second-order valence-corrected chi connectivity index (χ2v) is 7.69. The van der Waals surface area contributed by atoms with E-state index in [1.54, 1.807) is 97.7 Å². The summed E-state index contributed by atoms with van der Waals surface area (Å²) in [6.45, 7) is 0.667. The van der Waals surface area contributed by atoms with Crippen molar-refractivity contribution in [3.63, 3.8) is 0 Å². The number of hydrogen-bond donors (Lipinski definition) is 0. The van der Waals surface area contributed by atoms with Crippen LogP contribution in [0.25, 0.3) is 0 Å². The zero-order valence-corrected chi connectivity index (χ0v) is 25.2. The molecule has 0 saturated carbocycles. The van der Waals surface area contributed by atoms with E-state index in [4.69, 9.17) is 0 Å². The van der Waals surface area contributed by atoms with E-state index in [1.807, 2.05) is 30.3 Å². The van der Waals surface area contributed by atoms with E-state index >= 15 is 0 Å². The van der Waals surface area contributed by atoms with E-state index in [1.165, 1.54) is 48.4 Å². The topological polar surface area (TPSA) is 218 Å². The van der Waals surface area contributed by atoms with Crippen LogP contribution < -0.4 is 0 Å². The summed E-state index contributed by atoms with van der Waals surface area (Å²) in [5.41, 5.74) is 3.36. The van der Waals surface area contributed by atoms with E-state index in [-0.39, 0.29) is 0 Å². The lowest BCUT2D eigenvalue weighted by Crippen LogP contribution is -1.73. The van der Waals surface area contributed by atoms with Crippen LogP contribution in [0.1, 0.15) is 0 Å². The number of aromatic nitrogens is 14. The van der Waals surface area contributed by atoms with Crippen LogP contribution >= 0.6 is 23.1 Å². The van der Waals surface area contributed by atoms with Crippen LogP contribution in [0.5, 0.6) is 0 Å². The molecule has 0 aromatic carbocycles. The Balaban J connectivity index is 0.000000257. The van der Waals surface area contributed by atoms with Gasteiger partial charge in [0.1, 0.15) is 36.3 Å². The van der Waals surface area contributed by atoms with Gasteiger partial charge < -0.3 is 0 Å². The second-order valence-electron chi connectivity index (χ2n) is 6.41. The summed E-state index contributed by atoms with van der Waals surface area (Å²) < 4.78 is 7.31. The minimum Gasteiger partial charge on any atom is -0.265 e. The number of nitrogens with zero attached hydrogens (tertiary/aromatic N) is 17. The van der Waals surface area contributed by atoms with Crippen LogP contribution in [0.3, 0.4) is 0 Å². The molecule has 45 heavy (non-hydrogen) atoms. The minimum atomic E-state index is 0.667. The molecule has 1 aliphatic rings. The second kappa shape index (κ2) is 34.0. The summed E-state index contributed by atoms with van der Waals surface area (Å²) in [5.74, 6) is 0. The highest BCUT2D eigenvalue weighted by molar-refractivity contribution is 7.07. The summed E-state index contributed by atoms with van der Waals surface area (Å²) in [6.07, 6.45) is 27.5. The molecule has 0 N–H and O–H groups in total. The van der Waals surface area contributed by atoms with Crippen LogP contribution in [0.15, 0.2) is 163 Å². The van der Waals surface area contributed by atoms with Crippen LogP contribution in [0, 0.1) is 0 Å². The van der Waals surface area contributed by atoms with Crippen molar-refractivity contribution in [3.8, 4) is 0 Å². The van der Waals surface area contributed by atoms with Crippen molar-refractivity contribution in [3.05, 3.63) is 147 Å². The molecule has 19 heteroatoms. The van der Waals surface area contributed by atoms with Gasteiger partial charge in [-0.1, -0.05) is 6.07 Å². The quantitative estimate of drug-likeness (QED) is 0.229. The van der Waals surface area contributed by atoms with Gasteiger partial charge >= 0.3 is 0 Å². The molecule has 17 nitrogen and oxygen atoms in total. The molecule has 0 spiro atoms. The third-order valence-corrected chi connectivity index (χ3v) is 4.19. The highest BCUT2D eigenvalue weighted by Gasteiger charge is 1.76. The van der Waals surface area contributed by atoms with Gasteiger partial charge in [0, 0.05) is 62.0 Å². The number of hydrogen-bond acceptors (Lipinski definition) is 19. The molecule has 228 valence electrons. The molecule has 0 fully saturated rings. The summed E-state index contributed by atoms with van der Waals surface area (Å²) in [4.78, 5) is 29.3. The maximum atomic E-state index is 3.78. The normalized spacial score (nSPS) is 9.07. The molecular weight excluding hydrogens is 615 g/mol. The molecule has 8 rings (SSSR count). The van der Waals surface area contributed by atoms with Gasteiger partial charge in [-0.25, -0.2) is 24.9 Å². The third-order valence-electron chi connectivity index (χ3n) is 3.33. The van der Waals surface area contributed by atoms with Gasteiger partial charge in [-0.3, -0.25) is 15.0 Å². The van der Waals surface area contributed by atoms with Crippen molar-refractivity contribution in [2.75, 3.05) is 6.54 Å². The first kappa shape index (κ1) is 36.8. The summed E-state index contributed by atoms with van der Waals surface area (Å²) in [7, 11) is 0. The van der Waals surface area contributed by atoms with Crippen molar-refractivity contribution in [2.24, 2.45) is 15.4 Å². The predicted molar refractivity (Wildman–Crippen MR) is 168 cm³/mol. The van der Waals surface area contributed by atoms with Crippen LogP contribution in [0.2, 0.25) is 0 Å². The number of rotatable bonds is 0. The summed E-state index contributed by atoms with van der Waals surface area (Å²) >= 11 is 2.70. The molecule has 1 aliphatic heterocycles. The summed E-state index contributed by atoms with van der Waals surface area (Å²) in [6, 6.07) is 11.1. The van der Waals surface area contributed by atoms with Crippen LogP contribution in [0.4, 0.5) is 0 Å². The van der Waals surface area contributed by atoms with E-state index in [9.17, 15) is 0 Å². The average Bonchev–Trinajstić information content (AvgIpc) is 4.02. The molecule has 0 amide bonds. The highest BCUT2D eigenvalue weighted by Crippen LogP contribution is 1.81. The zero-order valence-electron chi connectivity index (χ0n) is 23.6. The van der Waals surface area contributed by atoms with E-state index < -0.39 is 0 Å². The van der Waals surface area contributed by atoms with Crippen molar-refractivity contribution in [1.29, 1.82) is 0 Å². The van der Waals surface area contributed by atoms with Crippen molar-refractivity contribution in [2.45, 2.75) is 0 Å². The van der Waals surface area contributed by atoms with Crippen LogP contribution in [-0.4, -0.2) is 81.8 Å². The monoisotopic (exact) mass is 641 g/mol. The molecule has 0 atom stereocenters. The summed E-state index contributed by atoms with van der Waals surface area (Å²) in [5, 5.41) is 24.2. The minimum absolute atomic E-state index is 0.667. The molecule has 0 saturated heterocycles. The Morgan fingerprint density at radius 3 is 1.07 bits per heavy atom. The SMILES string of the molecule is C1=NN=NC1.c1ccncc1.c1ccnnc1.c1cnccn1.c1cncnc1.c1cnsn1.c1ncncn1.c1nncs1. The number of pyridine rings is 1. The van der Waals surface area contributed by atoms with Gasteiger partial charge in [0.05, 0.1) is 36.9 Å². The Morgan fingerprint density at radius 2 is 0.889 bits per heavy atom. The smallest absolute Gasteiger partial charge is 0.119 e. The van der Waals surface area contributed by atoms with Gasteiger partial charge in [-0.2, -0.15) is 24.1 Å². The fourth-order valence-corrected chi connectivity index (χ4v) is 2.28. The van der Waals surface area contributed by atoms with E-state index in [0.717, 1.165) is 0 Å². The largest absolute Gasteiger partial charge is 0.265 e. The van der Waals surface area contributed by atoms with Gasteiger partial charge in [0.15, 0.2) is 0 Å². The van der Waals surface area contributed by atoms with Crippen LogP contribution in [-0.2, 0) is 0 Å². The lowest BCUT2D eigenvalue weighted by atomic mass is 10.5. The predicted octanol–water partition coefficient (Wildman–Crippen LogP) is 3.90. The molecule has 0 bridgehead atoms. The Morgan fingerprint density at radius 1 is 0.400 bits per heavy atom. The van der Waals surface area contributed by atoms with Crippen molar-refractivity contribution in [1.82, 2.24) is 69.0 Å². The zero-order chi connectivity index (χ0) is 31.8. The van der Waals surface area contributed by atoms with Crippen molar-refractivity contribution >= 4 is 29.3 Å². The van der Waals surface area contributed by atoms with Gasteiger partial charge in [0.25, 0.3) is 0 Å². The average molecular weight is 642 g/mol. The van der Waals surface area contributed by atoms with E-state index in [0.29, 0.717) is 6.54 Å². The standard InChI is InChI=1S/C5H5N.3C4H4N2.C3H3N3.C2H3N3.2C2H2N2S/c1-2-4-6-5-3-1;1-2-6-4-3-5-1;1-2-5-4-6-3-1;1-2-4-6-5-3-1;1-4-2-6-3-5-1;1-2-4-5-3-1;1-3-4-2-5-1;1-2-4-5-3-1/h1-5H;3*1-4H;1-3H;1H,2H2;2*1-2H. The first-order valence-corrected chi connectivity index (χ1v) is 14.0. The molecule has 0 unspecified atom stereocenters. The fourth-order valence-electron chi connectivity index (χ4n) is 1.73. The lowest BCUT2D eigenvalue weighted by Gasteiger charge is -1.70. The lowest BCUT2D eigenvalue weighted by molar-refractivity contribution is 1.03. The Labute approximate surface area is 266 Å². The van der Waals surface area contributed by atoms with Gasteiger partial charge in [0.2, 0.25) is 0 Å². The van der Waals surface area contributed by atoms with Crippen molar-refractivity contribution < 1.29 is 0 Å². The molecule has 7 aromatic rings. The Kier molecular flexibility index (Phi) is 27.8.